The number of amides is 1. The van der Waals surface area contributed by atoms with Crippen molar-refractivity contribution in [2.45, 2.75) is 34.0 Å². The molecular weight excluding hydrogens is 238 g/mol. The number of Topliss-reactive ketones (excluding diaryl/α,β-unsaturated/α-hetero) is 1. The van der Waals surface area contributed by atoms with E-state index in [-0.39, 0.29) is 18.4 Å². The lowest BCUT2D eigenvalue weighted by Gasteiger charge is -2.22. The molecule has 0 fully saturated rings. The monoisotopic (exact) mass is 258 g/mol. The van der Waals surface area contributed by atoms with E-state index in [4.69, 9.17) is 9.47 Å². The first-order chi connectivity index (χ1) is 8.23. The van der Waals surface area contributed by atoms with Gasteiger partial charge < -0.3 is 14.8 Å². The molecule has 0 aliphatic heterocycles. The van der Waals surface area contributed by atoms with Gasteiger partial charge in [-0.1, -0.05) is 27.7 Å². The van der Waals surface area contributed by atoms with Gasteiger partial charge in [0, 0.05) is 12.8 Å². The van der Waals surface area contributed by atoms with E-state index < -0.39 is 24.1 Å². The Balaban J connectivity index is 4.31. The second-order valence-corrected chi connectivity index (χ2v) is 4.50. The number of esters is 1. The minimum atomic E-state index is -0.972. The molecule has 0 aliphatic rings. The molecule has 0 heterocycles. The summed E-state index contributed by atoms with van der Waals surface area (Å²) in [7, 11) is 0. The van der Waals surface area contributed by atoms with Crippen LogP contribution in [0.3, 0.4) is 0 Å². The minimum Gasteiger partial charge on any atom is -0.425 e. The standard InChI is InChI=1S/C12H20NO5/c1-7(2)10(15)17-11(8(3)4)18-12(16)13-6-9(5)14/h7-8,11H,5-6H2,1-4H3,(H,13,16)/t11-/m0/s1. The zero-order chi connectivity index (χ0) is 14.3. The molecule has 0 spiro atoms. The highest BCUT2D eigenvalue weighted by Crippen LogP contribution is 2.11. The number of ether oxygens (including phenoxy) is 2. The van der Waals surface area contributed by atoms with Crippen molar-refractivity contribution in [2.75, 3.05) is 6.54 Å². The van der Waals surface area contributed by atoms with Gasteiger partial charge in [0.2, 0.25) is 0 Å². The van der Waals surface area contributed by atoms with Crippen LogP contribution in [0.4, 0.5) is 4.79 Å². The van der Waals surface area contributed by atoms with Crippen LogP contribution in [0, 0.1) is 18.8 Å². The van der Waals surface area contributed by atoms with E-state index in [1.165, 1.54) is 0 Å². The van der Waals surface area contributed by atoms with Gasteiger partial charge in [0.25, 0.3) is 6.29 Å². The van der Waals surface area contributed by atoms with Crippen molar-refractivity contribution in [3.63, 3.8) is 0 Å². The molecule has 0 rings (SSSR count). The van der Waals surface area contributed by atoms with E-state index in [0.717, 1.165) is 0 Å². The first-order valence-corrected chi connectivity index (χ1v) is 5.73. The fraction of sp³-hybridized carbons (Fsp3) is 0.667. The molecule has 0 aromatic heterocycles. The molecule has 0 bridgehead atoms. The normalized spacial score (nSPS) is 12.2. The van der Waals surface area contributed by atoms with Crippen LogP contribution < -0.4 is 5.32 Å². The highest BCUT2D eigenvalue weighted by molar-refractivity contribution is 5.87. The van der Waals surface area contributed by atoms with Crippen molar-refractivity contribution in [1.29, 1.82) is 0 Å². The van der Waals surface area contributed by atoms with Crippen LogP contribution in [0.5, 0.6) is 0 Å². The van der Waals surface area contributed by atoms with Gasteiger partial charge in [-0.15, -0.1) is 0 Å². The molecule has 0 saturated carbocycles. The van der Waals surface area contributed by atoms with Crippen LogP contribution >= 0.6 is 0 Å². The van der Waals surface area contributed by atoms with E-state index in [1.54, 1.807) is 27.7 Å². The van der Waals surface area contributed by atoms with Crippen molar-refractivity contribution >= 4 is 17.8 Å². The van der Waals surface area contributed by atoms with Crippen molar-refractivity contribution < 1.29 is 23.9 Å². The number of carbonyl (C=O) groups excluding carboxylic acids is 3. The summed E-state index contributed by atoms with van der Waals surface area (Å²) in [6, 6.07) is 0. The predicted octanol–water partition coefficient (Wildman–Crippen LogP) is 1.30. The molecule has 1 amide bonds. The number of ketones is 1. The minimum absolute atomic E-state index is 0.186. The SMILES string of the molecule is [CH2]C(=O)CNC(=O)O[C@H](OC(=O)C(C)C)C(C)C. The number of carbonyl (C=O) groups is 3. The summed E-state index contributed by atoms with van der Waals surface area (Å²) in [6.07, 6.45) is -1.79. The molecular formula is C12H20NO5. The summed E-state index contributed by atoms with van der Waals surface area (Å²) >= 11 is 0. The smallest absolute Gasteiger partial charge is 0.410 e. The molecule has 1 radical (unpaired) electrons. The van der Waals surface area contributed by atoms with Gasteiger partial charge in [0.05, 0.1) is 12.5 Å². The number of alkyl carbamates (subject to hydrolysis) is 1. The molecule has 18 heavy (non-hydrogen) atoms. The molecule has 1 N–H and O–H groups in total. The number of rotatable bonds is 6. The maximum absolute atomic E-state index is 11.4. The molecule has 6 nitrogen and oxygen atoms in total. The van der Waals surface area contributed by atoms with Crippen LogP contribution in [-0.2, 0) is 19.1 Å². The summed E-state index contributed by atoms with van der Waals surface area (Å²) in [5, 5.41) is 2.21. The number of hydrogen-bond acceptors (Lipinski definition) is 5. The first kappa shape index (κ1) is 16.4. The third-order valence-electron chi connectivity index (χ3n) is 1.90. The van der Waals surface area contributed by atoms with Crippen molar-refractivity contribution in [1.82, 2.24) is 5.32 Å². The highest BCUT2D eigenvalue weighted by atomic mass is 16.7. The maximum Gasteiger partial charge on any atom is 0.410 e. The van der Waals surface area contributed by atoms with Crippen LogP contribution in [-0.4, -0.2) is 30.7 Å². The molecule has 6 heteroatoms. The fourth-order valence-electron chi connectivity index (χ4n) is 0.865. The topological polar surface area (TPSA) is 81.7 Å². The van der Waals surface area contributed by atoms with Crippen molar-refractivity contribution in [2.24, 2.45) is 11.8 Å². The average Bonchev–Trinajstić information content (AvgIpc) is 2.24. The third kappa shape index (κ3) is 6.88. The van der Waals surface area contributed by atoms with Crippen molar-refractivity contribution in [3.8, 4) is 0 Å². The summed E-state index contributed by atoms with van der Waals surface area (Å²) in [5.74, 6) is -1.38. The number of nitrogens with one attached hydrogen (secondary N) is 1. The van der Waals surface area contributed by atoms with Gasteiger partial charge in [0.1, 0.15) is 0 Å². The predicted molar refractivity (Wildman–Crippen MR) is 64.4 cm³/mol. The van der Waals surface area contributed by atoms with E-state index >= 15 is 0 Å². The van der Waals surface area contributed by atoms with E-state index in [9.17, 15) is 14.4 Å². The Morgan fingerprint density at radius 1 is 1.11 bits per heavy atom. The van der Waals surface area contributed by atoms with Gasteiger partial charge in [-0.05, 0) is 0 Å². The molecule has 0 aromatic carbocycles. The summed E-state index contributed by atoms with van der Waals surface area (Å²) in [6.45, 7) is 9.74. The highest BCUT2D eigenvalue weighted by Gasteiger charge is 2.24. The lowest BCUT2D eigenvalue weighted by Crippen LogP contribution is -2.37. The quantitative estimate of drug-likeness (QED) is 0.573. The van der Waals surface area contributed by atoms with Crippen LogP contribution in [0.1, 0.15) is 27.7 Å². The summed E-state index contributed by atoms with van der Waals surface area (Å²) < 4.78 is 9.94. The molecule has 0 aromatic rings. The Morgan fingerprint density at radius 3 is 2.06 bits per heavy atom. The van der Waals surface area contributed by atoms with E-state index in [2.05, 4.69) is 12.2 Å². The zero-order valence-corrected chi connectivity index (χ0v) is 11.2. The van der Waals surface area contributed by atoms with Gasteiger partial charge in [0.15, 0.2) is 5.78 Å². The Labute approximate surface area is 107 Å². The Morgan fingerprint density at radius 2 is 1.67 bits per heavy atom. The first-order valence-electron chi connectivity index (χ1n) is 5.73. The molecule has 0 saturated heterocycles. The van der Waals surface area contributed by atoms with E-state index in [1.807, 2.05) is 0 Å². The largest absolute Gasteiger partial charge is 0.425 e. The van der Waals surface area contributed by atoms with E-state index in [0.29, 0.717) is 0 Å². The lowest BCUT2D eigenvalue weighted by molar-refractivity contribution is -0.178. The van der Waals surface area contributed by atoms with Gasteiger partial charge in [-0.3, -0.25) is 9.59 Å². The molecule has 0 unspecified atom stereocenters. The van der Waals surface area contributed by atoms with Crippen LogP contribution in [0.25, 0.3) is 0 Å². The Hall–Kier alpha value is -1.59. The summed E-state index contributed by atoms with van der Waals surface area (Å²) in [5.41, 5.74) is 0. The second-order valence-electron chi connectivity index (χ2n) is 4.50. The van der Waals surface area contributed by atoms with Crippen LogP contribution in [0.2, 0.25) is 0 Å². The number of hydrogen-bond donors (Lipinski definition) is 1. The van der Waals surface area contributed by atoms with Gasteiger partial charge >= 0.3 is 12.1 Å². The Bertz CT molecular complexity index is 312. The second kappa shape index (κ2) is 7.68. The third-order valence-corrected chi connectivity index (χ3v) is 1.90. The summed E-state index contributed by atoms with van der Waals surface area (Å²) in [4.78, 5) is 33.3. The Kier molecular flexibility index (Phi) is 7.00. The maximum atomic E-state index is 11.4. The fourth-order valence-corrected chi connectivity index (χ4v) is 0.865. The zero-order valence-electron chi connectivity index (χ0n) is 11.2. The molecule has 0 aliphatic carbocycles. The van der Waals surface area contributed by atoms with Gasteiger partial charge in [-0.25, -0.2) is 4.79 Å². The lowest BCUT2D eigenvalue weighted by atomic mass is 10.2. The average molecular weight is 258 g/mol. The molecule has 103 valence electrons. The van der Waals surface area contributed by atoms with Crippen LogP contribution in [0.15, 0.2) is 0 Å². The molecule has 1 atom stereocenters. The van der Waals surface area contributed by atoms with Gasteiger partial charge in [-0.2, -0.15) is 0 Å². The van der Waals surface area contributed by atoms with Crippen molar-refractivity contribution in [3.05, 3.63) is 6.92 Å².